The first-order chi connectivity index (χ1) is 8.06. The number of nitro benzene ring substituents is 1. The topological polar surface area (TPSA) is 72.2 Å². The Hall–Kier alpha value is -1.33. The van der Waals surface area contributed by atoms with Crippen LogP contribution in [0.5, 0.6) is 0 Å². The van der Waals surface area contributed by atoms with Crippen molar-refractivity contribution in [1.29, 1.82) is 0 Å². The summed E-state index contributed by atoms with van der Waals surface area (Å²) in [7, 11) is 0. The molecular weight excluding hydrogens is 267 g/mol. The Balaban J connectivity index is 2.90. The molecule has 0 radical (unpaired) electrons. The molecule has 0 aliphatic rings. The zero-order valence-electron chi connectivity index (χ0n) is 8.78. The molecule has 1 aromatic carbocycles. The van der Waals surface area contributed by atoms with Gasteiger partial charge in [-0.1, -0.05) is 11.6 Å². The fraction of sp³-hybridized carbons (Fsp3) is 0.300. The third kappa shape index (κ3) is 3.87. The van der Waals surface area contributed by atoms with E-state index in [2.05, 4.69) is 5.32 Å². The van der Waals surface area contributed by atoms with Gasteiger partial charge in [-0.25, -0.2) is 0 Å². The Morgan fingerprint density at radius 2 is 2.18 bits per heavy atom. The lowest BCUT2D eigenvalue weighted by atomic mass is 10.1. The van der Waals surface area contributed by atoms with E-state index in [1.54, 1.807) is 0 Å². The van der Waals surface area contributed by atoms with E-state index in [0.717, 1.165) is 0 Å². The first-order valence-electron chi connectivity index (χ1n) is 4.84. The molecule has 1 amide bonds. The number of amides is 1. The molecule has 0 atom stereocenters. The average molecular weight is 277 g/mol. The van der Waals surface area contributed by atoms with Crippen molar-refractivity contribution in [3.63, 3.8) is 0 Å². The largest absolute Gasteiger partial charge is 0.352 e. The standard InChI is InChI=1S/C10H10Cl2N2O3/c11-4-1-5-13-10(15)8-6-7(12)2-3-9(8)14(16)17/h2-3,6H,1,4-5H2,(H,13,15). The third-order valence-corrected chi connectivity index (χ3v) is 2.50. The van der Waals surface area contributed by atoms with Crippen LogP contribution in [0.25, 0.3) is 0 Å². The Labute approximate surface area is 108 Å². The summed E-state index contributed by atoms with van der Waals surface area (Å²) in [6.07, 6.45) is 0.599. The third-order valence-electron chi connectivity index (χ3n) is 2.00. The summed E-state index contributed by atoms with van der Waals surface area (Å²) in [5.74, 6) is -0.109. The summed E-state index contributed by atoms with van der Waals surface area (Å²) in [5.41, 5.74) is -0.310. The first-order valence-corrected chi connectivity index (χ1v) is 5.75. The van der Waals surface area contributed by atoms with Crippen molar-refractivity contribution in [2.75, 3.05) is 12.4 Å². The maximum Gasteiger partial charge on any atom is 0.282 e. The van der Waals surface area contributed by atoms with Crippen LogP contribution in [0.3, 0.4) is 0 Å². The number of hydrogen-bond acceptors (Lipinski definition) is 3. The van der Waals surface area contributed by atoms with Crippen LogP contribution in [0, 0.1) is 10.1 Å². The number of carbonyl (C=O) groups excluding carboxylic acids is 1. The normalized spacial score (nSPS) is 10.0. The zero-order valence-corrected chi connectivity index (χ0v) is 10.3. The molecule has 7 heteroatoms. The molecule has 0 unspecified atom stereocenters. The SMILES string of the molecule is O=C(NCCCCl)c1cc(Cl)ccc1[N+](=O)[O-]. The highest BCUT2D eigenvalue weighted by Gasteiger charge is 2.19. The molecule has 0 heterocycles. The summed E-state index contributed by atoms with van der Waals surface area (Å²) in [6.45, 7) is 0.367. The predicted octanol–water partition coefficient (Wildman–Crippen LogP) is 2.61. The van der Waals surface area contributed by atoms with Crippen LogP contribution in [0.4, 0.5) is 5.69 Å². The van der Waals surface area contributed by atoms with Crippen molar-refractivity contribution >= 4 is 34.8 Å². The monoisotopic (exact) mass is 276 g/mol. The van der Waals surface area contributed by atoms with Gasteiger partial charge in [-0.05, 0) is 18.6 Å². The molecule has 0 aliphatic carbocycles. The number of rotatable bonds is 5. The van der Waals surface area contributed by atoms with Gasteiger partial charge in [0, 0.05) is 23.5 Å². The van der Waals surface area contributed by atoms with Gasteiger partial charge < -0.3 is 5.32 Å². The van der Waals surface area contributed by atoms with Crippen LogP contribution in [0.1, 0.15) is 16.8 Å². The molecule has 0 saturated carbocycles. The van der Waals surface area contributed by atoms with E-state index in [4.69, 9.17) is 23.2 Å². The van der Waals surface area contributed by atoms with Gasteiger partial charge in [-0.3, -0.25) is 14.9 Å². The Morgan fingerprint density at radius 1 is 1.47 bits per heavy atom. The highest BCUT2D eigenvalue weighted by atomic mass is 35.5. The van der Waals surface area contributed by atoms with Crippen LogP contribution >= 0.6 is 23.2 Å². The lowest BCUT2D eigenvalue weighted by molar-refractivity contribution is -0.385. The molecule has 0 aromatic heterocycles. The molecule has 0 fully saturated rings. The van der Waals surface area contributed by atoms with Crippen LogP contribution in [-0.2, 0) is 0 Å². The molecule has 0 spiro atoms. The Morgan fingerprint density at radius 3 is 2.76 bits per heavy atom. The van der Waals surface area contributed by atoms with E-state index in [1.165, 1.54) is 18.2 Å². The summed E-state index contributed by atoms with van der Waals surface area (Å²) in [6, 6.07) is 3.85. The van der Waals surface area contributed by atoms with Crippen LogP contribution in [0.15, 0.2) is 18.2 Å². The van der Waals surface area contributed by atoms with Crippen molar-refractivity contribution in [2.45, 2.75) is 6.42 Å². The van der Waals surface area contributed by atoms with Crippen molar-refractivity contribution in [1.82, 2.24) is 5.32 Å². The maximum absolute atomic E-state index is 11.7. The second-order valence-electron chi connectivity index (χ2n) is 3.22. The van der Waals surface area contributed by atoms with Gasteiger partial charge in [-0.2, -0.15) is 0 Å². The number of halogens is 2. The second-order valence-corrected chi connectivity index (χ2v) is 4.03. The van der Waals surface area contributed by atoms with E-state index in [0.29, 0.717) is 18.8 Å². The number of nitro groups is 1. The lowest BCUT2D eigenvalue weighted by Crippen LogP contribution is -2.25. The van der Waals surface area contributed by atoms with E-state index in [9.17, 15) is 14.9 Å². The first kappa shape index (κ1) is 13.7. The number of carbonyl (C=O) groups is 1. The lowest BCUT2D eigenvalue weighted by Gasteiger charge is -2.05. The van der Waals surface area contributed by atoms with Crippen LogP contribution < -0.4 is 5.32 Å². The van der Waals surface area contributed by atoms with Gasteiger partial charge in [0.15, 0.2) is 0 Å². The van der Waals surface area contributed by atoms with Gasteiger partial charge in [0.25, 0.3) is 11.6 Å². The van der Waals surface area contributed by atoms with Gasteiger partial charge in [0.1, 0.15) is 5.56 Å². The van der Waals surface area contributed by atoms with Gasteiger partial charge >= 0.3 is 0 Å². The van der Waals surface area contributed by atoms with E-state index < -0.39 is 10.8 Å². The molecule has 5 nitrogen and oxygen atoms in total. The fourth-order valence-electron chi connectivity index (χ4n) is 1.21. The molecular formula is C10H10Cl2N2O3. The van der Waals surface area contributed by atoms with E-state index in [-0.39, 0.29) is 16.3 Å². The van der Waals surface area contributed by atoms with Gasteiger partial charge in [0.05, 0.1) is 4.92 Å². The van der Waals surface area contributed by atoms with E-state index >= 15 is 0 Å². The van der Waals surface area contributed by atoms with Crippen molar-refractivity contribution in [2.24, 2.45) is 0 Å². The predicted molar refractivity (Wildman–Crippen MR) is 65.8 cm³/mol. The minimum Gasteiger partial charge on any atom is -0.352 e. The van der Waals surface area contributed by atoms with Crippen molar-refractivity contribution in [3.05, 3.63) is 38.9 Å². The number of alkyl halides is 1. The zero-order chi connectivity index (χ0) is 12.8. The number of hydrogen-bond donors (Lipinski definition) is 1. The highest BCUT2D eigenvalue weighted by molar-refractivity contribution is 6.31. The van der Waals surface area contributed by atoms with Gasteiger partial charge in [-0.15, -0.1) is 11.6 Å². The maximum atomic E-state index is 11.7. The number of nitrogens with one attached hydrogen (secondary N) is 1. The average Bonchev–Trinajstić information content (AvgIpc) is 2.28. The minimum atomic E-state index is -0.618. The van der Waals surface area contributed by atoms with Crippen LogP contribution in [0.2, 0.25) is 5.02 Å². The number of nitrogens with zero attached hydrogens (tertiary/aromatic N) is 1. The molecule has 0 aliphatic heterocycles. The Bertz CT molecular complexity index is 438. The Kier molecular flexibility index (Phi) is 5.18. The summed E-state index contributed by atoms with van der Waals surface area (Å²) < 4.78 is 0. The molecule has 1 aromatic rings. The molecule has 0 bridgehead atoms. The molecule has 17 heavy (non-hydrogen) atoms. The quantitative estimate of drug-likeness (QED) is 0.389. The highest BCUT2D eigenvalue weighted by Crippen LogP contribution is 2.22. The van der Waals surface area contributed by atoms with Crippen molar-refractivity contribution in [3.8, 4) is 0 Å². The fourth-order valence-corrected chi connectivity index (χ4v) is 1.52. The molecule has 1 N–H and O–H groups in total. The van der Waals surface area contributed by atoms with E-state index in [1.807, 2.05) is 0 Å². The summed E-state index contributed by atoms with van der Waals surface area (Å²) in [4.78, 5) is 21.8. The van der Waals surface area contributed by atoms with Gasteiger partial charge in [0.2, 0.25) is 0 Å². The second kappa shape index (κ2) is 6.42. The molecule has 92 valence electrons. The smallest absolute Gasteiger partial charge is 0.282 e. The molecule has 1 rings (SSSR count). The molecule has 0 saturated heterocycles. The number of benzene rings is 1. The van der Waals surface area contributed by atoms with Crippen molar-refractivity contribution < 1.29 is 9.72 Å². The minimum absolute atomic E-state index is 0.0444. The summed E-state index contributed by atoms with van der Waals surface area (Å²) >= 11 is 11.2. The summed E-state index contributed by atoms with van der Waals surface area (Å²) in [5, 5.41) is 13.5. The van der Waals surface area contributed by atoms with Crippen LogP contribution in [-0.4, -0.2) is 23.3 Å².